The maximum atomic E-state index is 14.4. The van der Waals surface area contributed by atoms with Gasteiger partial charge in [0.1, 0.15) is 37.1 Å². The summed E-state index contributed by atoms with van der Waals surface area (Å²) in [5.74, 6) is 0.0358. The number of rotatable bonds is 4. The van der Waals surface area contributed by atoms with Gasteiger partial charge in [-0.1, -0.05) is 0 Å². The summed E-state index contributed by atoms with van der Waals surface area (Å²) in [6, 6.07) is 1.38. The second kappa shape index (κ2) is 7.20. The van der Waals surface area contributed by atoms with Crippen LogP contribution in [-0.4, -0.2) is 56.9 Å². The lowest BCUT2D eigenvalue weighted by atomic mass is 10.1. The molecule has 0 aromatic carbocycles. The number of aliphatic hydroxyl groups excluding tert-OH is 1. The Kier molecular flexibility index (Phi) is 5.40. The molecule has 4 atom stereocenters. The zero-order valence-corrected chi connectivity index (χ0v) is 14.2. The molecule has 0 saturated carbocycles. The van der Waals surface area contributed by atoms with E-state index in [4.69, 9.17) is 19.3 Å². The molecule has 134 valence electrons. The van der Waals surface area contributed by atoms with Crippen molar-refractivity contribution in [3.63, 3.8) is 0 Å². The van der Waals surface area contributed by atoms with E-state index in [9.17, 15) is 19.2 Å². The summed E-state index contributed by atoms with van der Waals surface area (Å²) >= 11 is 1.01. The lowest BCUT2D eigenvalue weighted by molar-refractivity contribution is 0.0287. The number of aliphatic hydroxyl groups is 1. The van der Waals surface area contributed by atoms with Gasteiger partial charge < -0.3 is 10.8 Å². The molecule has 0 unspecified atom stereocenters. The van der Waals surface area contributed by atoms with E-state index in [0.29, 0.717) is 19.6 Å². The third-order valence-electron chi connectivity index (χ3n) is 3.62. The molecule has 0 radical (unpaired) electrons. The van der Waals surface area contributed by atoms with Crippen LogP contribution in [0.15, 0.2) is 17.1 Å². The molecule has 4 N–H and O–H groups in total. The van der Waals surface area contributed by atoms with E-state index in [1.807, 2.05) is 0 Å². The van der Waals surface area contributed by atoms with Crippen LogP contribution in [0, 0.1) is 0 Å². The number of nitrogens with two attached hydrogens (primary N) is 1. The fraction of sp³-hybridized carbons (Fsp3) is 0.667. The predicted octanol–water partition coefficient (Wildman–Crippen LogP) is 0.262. The Bertz CT molecular complexity index is 645. The lowest BCUT2D eigenvalue weighted by Crippen LogP contribution is -2.34. The number of nitrogens with zero attached hydrogens (tertiary/aromatic N) is 2. The molecule has 24 heavy (non-hydrogen) atoms. The summed E-state index contributed by atoms with van der Waals surface area (Å²) in [6.07, 6.45) is -1.10. The molecule has 3 heterocycles. The van der Waals surface area contributed by atoms with E-state index >= 15 is 0 Å². The summed E-state index contributed by atoms with van der Waals surface area (Å²) < 4.78 is 30.9. The Labute approximate surface area is 141 Å². The highest BCUT2D eigenvalue weighted by Gasteiger charge is 2.51. The number of halogens is 1. The summed E-state index contributed by atoms with van der Waals surface area (Å²) in [6.45, 7) is 0.446. The van der Waals surface area contributed by atoms with Gasteiger partial charge in [-0.25, -0.2) is 9.18 Å². The minimum absolute atomic E-state index is 0.0358. The van der Waals surface area contributed by atoms with Crippen molar-refractivity contribution in [3.8, 4) is 0 Å². The summed E-state index contributed by atoms with van der Waals surface area (Å²) in [5.41, 5.74) is 4.71. The van der Waals surface area contributed by atoms with E-state index in [1.165, 1.54) is 12.3 Å². The van der Waals surface area contributed by atoms with Crippen LogP contribution in [0.25, 0.3) is 0 Å². The molecule has 1 aromatic heterocycles. The molecule has 12 heteroatoms. The molecule has 2 aliphatic rings. The van der Waals surface area contributed by atoms with Gasteiger partial charge in [-0.05, 0) is 6.07 Å². The smallest absolute Gasteiger partial charge is 0.389 e. The van der Waals surface area contributed by atoms with Crippen LogP contribution in [0.2, 0.25) is 0 Å². The number of anilines is 1. The normalized spacial score (nSPS) is 32.8. The highest BCUT2D eigenvalue weighted by Crippen LogP contribution is 2.60. The Morgan fingerprint density at radius 2 is 2.25 bits per heavy atom. The summed E-state index contributed by atoms with van der Waals surface area (Å²) in [7, 11) is -3.41. The number of hydrogen-bond donors (Lipinski definition) is 3. The average molecular weight is 382 g/mol. The van der Waals surface area contributed by atoms with Gasteiger partial charge in [-0.3, -0.25) is 4.57 Å². The monoisotopic (exact) mass is 382 g/mol. The van der Waals surface area contributed by atoms with Crippen molar-refractivity contribution in [1.29, 1.82) is 0 Å². The first-order chi connectivity index (χ1) is 11.4. The zero-order valence-electron chi connectivity index (χ0n) is 12.5. The number of hydrogen-bond acceptors (Lipinski definition) is 9. The number of thioether (sulfide) groups is 1. The largest absolute Gasteiger partial charge is 0.572 e. The molecule has 0 bridgehead atoms. The molecule has 9 nitrogen and oxygen atoms in total. The predicted molar refractivity (Wildman–Crippen MR) is 85.8 cm³/mol. The first-order valence-corrected chi connectivity index (χ1v) is 9.71. The van der Waals surface area contributed by atoms with Crippen molar-refractivity contribution in [1.82, 2.24) is 9.55 Å². The number of alkyl halides is 1. The van der Waals surface area contributed by atoms with Crippen molar-refractivity contribution in [2.75, 3.05) is 25.6 Å². The van der Waals surface area contributed by atoms with Crippen molar-refractivity contribution in [3.05, 3.63) is 22.7 Å². The van der Waals surface area contributed by atoms with E-state index < -0.39 is 36.8 Å². The Hall–Kier alpha value is -0.810. The zero-order chi connectivity index (χ0) is 17.3. The van der Waals surface area contributed by atoms with E-state index in [-0.39, 0.29) is 12.4 Å². The molecule has 3 rings (SSSR count). The van der Waals surface area contributed by atoms with E-state index in [2.05, 4.69) is 4.98 Å². The van der Waals surface area contributed by atoms with Crippen LogP contribution < -0.4 is 11.4 Å². The van der Waals surface area contributed by atoms with Crippen molar-refractivity contribution < 1.29 is 28.0 Å². The Morgan fingerprint density at radius 1 is 1.54 bits per heavy atom. The molecule has 2 aliphatic heterocycles. The maximum absolute atomic E-state index is 14.4. The van der Waals surface area contributed by atoms with Crippen LogP contribution in [0.3, 0.4) is 0 Å². The molecular formula is C12H18FN3O6PS+. The Morgan fingerprint density at radius 3 is 2.92 bits per heavy atom. The van der Waals surface area contributed by atoms with Crippen LogP contribution in [0.5, 0.6) is 0 Å². The number of aromatic nitrogens is 2. The molecule has 1 aromatic rings. The minimum atomic E-state index is -3.41. The van der Waals surface area contributed by atoms with Gasteiger partial charge in [0.15, 0.2) is 6.17 Å². The lowest BCUT2D eigenvalue weighted by Gasteiger charge is -2.20. The van der Waals surface area contributed by atoms with Gasteiger partial charge in [0, 0.05) is 12.6 Å². The molecule has 2 saturated heterocycles. The number of nitrogen functional groups attached to an aromatic ring is 1. The first-order valence-electron chi connectivity index (χ1n) is 7.27. The van der Waals surface area contributed by atoms with E-state index in [0.717, 1.165) is 16.3 Å². The fourth-order valence-electron chi connectivity index (χ4n) is 2.38. The van der Waals surface area contributed by atoms with Gasteiger partial charge in [0.25, 0.3) is 0 Å². The summed E-state index contributed by atoms with van der Waals surface area (Å²) in [5, 5.41) is 8.40. The third-order valence-corrected chi connectivity index (χ3v) is 6.64. The highest BCUT2D eigenvalue weighted by atomic mass is 32.2. The SMILES string of the molecule is Nc1ccn([C@@H]2S[C@H](CO[P+]3(O)OCCCO3)[C@@H](O)[C@@H]2F)c(=O)n1. The van der Waals surface area contributed by atoms with Crippen LogP contribution in [-0.2, 0) is 13.6 Å². The topological polar surface area (TPSA) is 129 Å². The summed E-state index contributed by atoms with van der Waals surface area (Å²) in [4.78, 5) is 25.4. The fourth-order valence-corrected chi connectivity index (χ4v) is 5.19. The third kappa shape index (κ3) is 3.72. The second-order valence-electron chi connectivity index (χ2n) is 5.33. The van der Waals surface area contributed by atoms with Crippen molar-refractivity contribution in [2.24, 2.45) is 0 Å². The van der Waals surface area contributed by atoms with E-state index in [1.54, 1.807) is 0 Å². The van der Waals surface area contributed by atoms with Gasteiger partial charge >= 0.3 is 13.9 Å². The molecule has 0 amide bonds. The first kappa shape index (κ1) is 18.0. The second-order valence-corrected chi connectivity index (χ2v) is 8.40. The quantitative estimate of drug-likeness (QED) is 0.628. The average Bonchev–Trinajstić information content (AvgIpc) is 2.82. The van der Waals surface area contributed by atoms with Crippen molar-refractivity contribution in [2.45, 2.75) is 29.3 Å². The molecule has 0 aliphatic carbocycles. The molecular weight excluding hydrogens is 364 g/mol. The molecule has 0 spiro atoms. The van der Waals surface area contributed by atoms with Crippen LogP contribution in [0.1, 0.15) is 11.8 Å². The highest BCUT2D eigenvalue weighted by molar-refractivity contribution is 8.00. The maximum Gasteiger partial charge on any atom is 0.572 e. The molecule has 2 fully saturated rings. The standard InChI is InChI=1S/C12H17FN3O6PS/c13-9-10(17)7(6-22-23(19)20-4-1-5-21-23)24-11(9)16-3-2-8(14)15-12(16)18/h2-3,7,9-11,17,19H,1,4-6H2,(H-,14,15,18)/p+1/t7-,9+,10-,11-/m1/s1. The van der Waals surface area contributed by atoms with Gasteiger partial charge in [-0.15, -0.1) is 11.8 Å². The Balaban J connectivity index is 1.67. The van der Waals surface area contributed by atoms with Crippen molar-refractivity contribution >= 4 is 25.7 Å². The minimum Gasteiger partial charge on any atom is -0.389 e. The van der Waals surface area contributed by atoms with Gasteiger partial charge in [0.2, 0.25) is 0 Å². The van der Waals surface area contributed by atoms with Gasteiger partial charge in [-0.2, -0.15) is 23.4 Å². The van der Waals surface area contributed by atoms with Crippen LogP contribution in [0.4, 0.5) is 10.2 Å². The van der Waals surface area contributed by atoms with Gasteiger partial charge in [0.05, 0.1) is 5.25 Å². The van der Waals surface area contributed by atoms with Crippen LogP contribution >= 0.6 is 19.9 Å².